The number of amides is 1. The van der Waals surface area contributed by atoms with E-state index in [0.29, 0.717) is 30.5 Å². The highest BCUT2D eigenvalue weighted by molar-refractivity contribution is 5.66. The molecule has 0 aliphatic rings. The van der Waals surface area contributed by atoms with E-state index in [-0.39, 0.29) is 0 Å². The predicted molar refractivity (Wildman–Crippen MR) is 93.4 cm³/mol. The summed E-state index contributed by atoms with van der Waals surface area (Å²) in [4.78, 5) is 21.5. The first kappa shape index (κ1) is 18.3. The second kappa shape index (κ2) is 9.31. The van der Waals surface area contributed by atoms with Crippen molar-refractivity contribution >= 4 is 11.9 Å². The molecule has 8 heteroatoms. The molecule has 0 fully saturated rings. The van der Waals surface area contributed by atoms with Crippen molar-refractivity contribution in [3.05, 3.63) is 36.7 Å². The minimum absolute atomic E-state index is 0.405. The summed E-state index contributed by atoms with van der Waals surface area (Å²) in [7, 11) is 4.85. The largest absolute Gasteiger partial charge is 0.497 e. The molecular formula is C17H22N4O4. The van der Waals surface area contributed by atoms with Crippen molar-refractivity contribution in [2.45, 2.75) is 6.42 Å². The SMILES string of the molecule is COC(=O)NCCCN(C)c1cncc(Oc2ccc(OC)cc2)n1. The number of nitrogens with zero attached hydrogens (tertiary/aromatic N) is 3. The number of carbonyl (C=O) groups excluding carboxylic acids is 1. The molecule has 0 spiro atoms. The number of carbonyl (C=O) groups is 1. The van der Waals surface area contributed by atoms with E-state index < -0.39 is 6.09 Å². The molecule has 2 rings (SSSR count). The van der Waals surface area contributed by atoms with Crippen molar-refractivity contribution in [1.82, 2.24) is 15.3 Å². The molecule has 0 atom stereocenters. The van der Waals surface area contributed by atoms with Crippen molar-refractivity contribution in [3.63, 3.8) is 0 Å². The van der Waals surface area contributed by atoms with Crippen LogP contribution >= 0.6 is 0 Å². The Balaban J connectivity index is 1.89. The second-order valence-electron chi connectivity index (χ2n) is 5.19. The summed E-state index contributed by atoms with van der Waals surface area (Å²) in [6, 6.07) is 7.23. The van der Waals surface area contributed by atoms with Crippen molar-refractivity contribution in [2.24, 2.45) is 0 Å². The van der Waals surface area contributed by atoms with Crippen molar-refractivity contribution in [1.29, 1.82) is 0 Å². The molecule has 1 amide bonds. The van der Waals surface area contributed by atoms with Crippen LogP contribution in [0.3, 0.4) is 0 Å². The average Bonchev–Trinajstić information content (AvgIpc) is 2.65. The standard InChI is InChI=1S/C17H22N4O4/c1-21(10-4-9-19-17(22)24-3)15-11-18-12-16(20-15)25-14-7-5-13(23-2)6-8-14/h5-8,11-12H,4,9-10H2,1-3H3,(H,19,22). The molecule has 0 saturated heterocycles. The third-order valence-corrected chi connectivity index (χ3v) is 3.40. The number of ether oxygens (including phenoxy) is 3. The molecule has 25 heavy (non-hydrogen) atoms. The number of alkyl carbamates (subject to hydrolysis) is 1. The van der Waals surface area contributed by atoms with Crippen LogP contribution < -0.4 is 19.7 Å². The van der Waals surface area contributed by atoms with Crippen LogP contribution in [-0.2, 0) is 4.74 Å². The van der Waals surface area contributed by atoms with Crippen molar-refractivity contribution in [2.75, 3.05) is 39.3 Å². The molecule has 2 aromatic rings. The van der Waals surface area contributed by atoms with Gasteiger partial charge in [0.1, 0.15) is 11.5 Å². The molecule has 0 saturated carbocycles. The Morgan fingerprint density at radius 2 is 1.88 bits per heavy atom. The number of hydrogen-bond donors (Lipinski definition) is 1. The Bertz CT molecular complexity index is 679. The van der Waals surface area contributed by atoms with Gasteiger partial charge >= 0.3 is 6.09 Å². The Hall–Kier alpha value is -3.03. The molecule has 0 unspecified atom stereocenters. The minimum Gasteiger partial charge on any atom is -0.497 e. The summed E-state index contributed by atoms with van der Waals surface area (Å²) >= 11 is 0. The van der Waals surface area contributed by atoms with Gasteiger partial charge in [-0.25, -0.2) is 4.79 Å². The van der Waals surface area contributed by atoms with Crippen LogP contribution in [-0.4, -0.2) is 50.4 Å². The molecule has 1 N–H and O–H groups in total. The average molecular weight is 346 g/mol. The van der Waals surface area contributed by atoms with Crippen LogP contribution in [0, 0.1) is 0 Å². The summed E-state index contributed by atoms with van der Waals surface area (Å²) in [5.41, 5.74) is 0. The zero-order chi connectivity index (χ0) is 18.1. The van der Waals surface area contributed by atoms with Gasteiger partial charge in [0.15, 0.2) is 5.82 Å². The Morgan fingerprint density at radius 1 is 1.16 bits per heavy atom. The predicted octanol–water partition coefficient (Wildman–Crippen LogP) is 2.46. The van der Waals surface area contributed by atoms with E-state index >= 15 is 0 Å². The fraction of sp³-hybridized carbons (Fsp3) is 0.353. The highest BCUT2D eigenvalue weighted by Gasteiger charge is 2.07. The highest BCUT2D eigenvalue weighted by atomic mass is 16.5. The second-order valence-corrected chi connectivity index (χ2v) is 5.19. The summed E-state index contributed by atoms with van der Waals surface area (Å²) in [6.07, 6.45) is 3.53. The molecule has 1 aromatic carbocycles. The lowest BCUT2D eigenvalue weighted by Gasteiger charge is -2.18. The number of rotatable bonds is 8. The fourth-order valence-electron chi connectivity index (χ4n) is 2.03. The maximum absolute atomic E-state index is 11.0. The molecule has 0 aliphatic heterocycles. The van der Waals surface area contributed by atoms with E-state index in [1.54, 1.807) is 31.6 Å². The molecular weight excluding hydrogens is 324 g/mol. The van der Waals surface area contributed by atoms with E-state index in [9.17, 15) is 4.79 Å². The number of aromatic nitrogens is 2. The number of benzene rings is 1. The van der Waals surface area contributed by atoms with Gasteiger partial charge in [-0.3, -0.25) is 4.98 Å². The first-order chi connectivity index (χ1) is 12.1. The van der Waals surface area contributed by atoms with Gasteiger partial charge in [0.2, 0.25) is 5.88 Å². The molecule has 134 valence electrons. The van der Waals surface area contributed by atoms with Gasteiger partial charge in [0.25, 0.3) is 0 Å². The molecule has 0 radical (unpaired) electrons. The van der Waals surface area contributed by atoms with E-state index in [1.165, 1.54) is 7.11 Å². The quantitative estimate of drug-likeness (QED) is 0.735. The third kappa shape index (κ3) is 5.83. The topological polar surface area (TPSA) is 85.8 Å². The molecule has 0 bridgehead atoms. The van der Waals surface area contributed by atoms with E-state index in [4.69, 9.17) is 9.47 Å². The Morgan fingerprint density at radius 3 is 2.56 bits per heavy atom. The van der Waals surface area contributed by atoms with Gasteiger partial charge in [-0.2, -0.15) is 4.98 Å². The lowest BCUT2D eigenvalue weighted by molar-refractivity contribution is 0.171. The minimum atomic E-state index is -0.433. The summed E-state index contributed by atoms with van der Waals surface area (Å²) in [6.45, 7) is 1.22. The summed E-state index contributed by atoms with van der Waals surface area (Å²) in [5.74, 6) is 2.50. The number of nitrogens with one attached hydrogen (secondary N) is 1. The van der Waals surface area contributed by atoms with Gasteiger partial charge < -0.3 is 24.4 Å². The van der Waals surface area contributed by atoms with Crippen LogP contribution in [0.2, 0.25) is 0 Å². The molecule has 8 nitrogen and oxygen atoms in total. The zero-order valence-electron chi connectivity index (χ0n) is 14.6. The monoisotopic (exact) mass is 346 g/mol. The zero-order valence-corrected chi connectivity index (χ0v) is 14.6. The lowest BCUT2D eigenvalue weighted by atomic mass is 10.3. The highest BCUT2D eigenvalue weighted by Crippen LogP contribution is 2.23. The van der Waals surface area contributed by atoms with Crippen LogP contribution in [0.15, 0.2) is 36.7 Å². The lowest BCUT2D eigenvalue weighted by Crippen LogP contribution is -2.28. The molecule has 1 aromatic heterocycles. The van der Waals surface area contributed by atoms with E-state index in [2.05, 4.69) is 20.0 Å². The summed E-state index contributed by atoms with van der Waals surface area (Å²) in [5, 5.41) is 2.63. The fourth-order valence-corrected chi connectivity index (χ4v) is 2.03. The number of hydrogen-bond acceptors (Lipinski definition) is 7. The van der Waals surface area contributed by atoms with Gasteiger partial charge in [-0.05, 0) is 30.7 Å². The molecule has 0 aliphatic carbocycles. The Labute approximate surface area is 146 Å². The Kier molecular flexibility index (Phi) is 6.82. The van der Waals surface area contributed by atoms with Gasteiger partial charge in [-0.1, -0.05) is 0 Å². The van der Waals surface area contributed by atoms with E-state index in [0.717, 1.165) is 12.2 Å². The van der Waals surface area contributed by atoms with Crippen molar-refractivity contribution < 1.29 is 19.0 Å². The molecule has 1 heterocycles. The normalized spacial score (nSPS) is 10.0. The van der Waals surface area contributed by atoms with Crippen LogP contribution in [0.4, 0.5) is 10.6 Å². The van der Waals surface area contributed by atoms with Crippen molar-refractivity contribution in [3.8, 4) is 17.4 Å². The first-order valence-corrected chi connectivity index (χ1v) is 7.79. The van der Waals surface area contributed by atoms with Crippen LogP contribution in [0.25, 0.3) is 0 Å². The van der Waals surface area contributed by atoms with Gasteiger partial charge in [0, 0.05) is 20.1 Å². The maximum Gasteiger partial charge on any atom is 0.406 e. The van der Waals surface area contributed by atoms with Crippen LogP contribution in [0.5, 0.6) is 17.4 Å². The van der Waals surface area contributed by atoms with Gasteiger partial charge in [0.05, 0.1) is 26.6 Å². The first-order valence-electron chi connectivity index (χ1n) is 7.79. The summed E-state index contributed by atoms with van der Waals surface area (Å²) < 4.78 is 15.3. The van der Waals surface area contributed by atoms with E-state index in [1.807, 2.05) is 24.1 Å². The third-order valence-electron chi connectivity index (χ3n) is 3.40. The maximum atomic E-state index is 11.0. The number of methoxy groups -OCH3 is 2. The smallest absolute Gasteiger partial charge is 0.406 e. The van der Waals surface area contributed by atoms with Crippen LogP contribution in [0.1, 0.15) is 6.42 Å². The number of anilines is 1. The van der Waals surface area contributed by atoms with Gasteiger partial charge in [-0.15, -0.1) is 0 Å².